The lowest BCUT2D eigenvalue weighted by Gasteiger charge is -2.23. The first-order valence-electron chi connectivity index (χ1n) is 8.77. The van der Waals surface area contributed by atoms with E-state index < -0.39 is 22.9 Å². The lowest BCUT2D eigenvalue weighted by molar-refractivity contribution is -0.159. The van der Waals surface area contributed by atoms with Crippen LogP contribution in [0.15, 0.2) is 49.4 Å². The van der Waals surface area contributed by atoms with Crippen molar-refractivity contribution in [2.45, 2.75) is 19.3 Å². The Bertz CT molecular complexity index is 1260. The zero-order chi connectivity index (χ0) is 22.2. The molecule has 0 atom stereocenters. The first kappa shape index (κ1) is 20.3. The van der Waals surface area contributed by atoms with Gasteiger partial charge in [-0.2, -0.15) is 18.2 Å². The van der Waals surface area contributed by atoms with Crippen molar-refractivity contribution in [3.05, 3.63) is 68.4 Å². The van der Waals surface area contributed by atoms with Crippen LogP contribution in [0.2, 0.25) is 0 Å². The number of nitrogens with one attached hydrogen (secondary N) is 1. The van der Waals surface area contributed by atoms with Crippen LogP contribution in [-0.4, -0.2) is 27.3 Å². The number of pyridine rings is 1. The number of halogens is 3. The quantitative estimate of drug-likeness (QED) is 0.431. The molecule has 0 aliphatic heterocycles. The highest BCUT2D eigenvalue weighted by Gasteiger charge is 2.38. The topological polar surface area (TPSA) is 127 Å². The second-order valence-electron chi connectivity index (χ2n) is 6.58. The van der Waals surface area contributed by atoms with E-state index in [9.17, 15) is 22.8 Å². The highest BCUT2D eigenvalue weighted by molar-refractivity contribution is 5.75. The maximum absolute atomic E-state index is 12.6. The summed E-state index contributed by atoms with van der Waals surface area (Å²) in [6.07, 6.45) is -0.549. The summed E-state index contributed by atoms with van der Waals surface area (Å²) < 4.78 is 46.6. The summed E-state index contributed by atoms with van der Waals surface area (Å²) in [4.78, 5) is 32.9. The molecule has 0 bridgehead atoms. The molecule has 0 unspecified atom stereocenters. The number of rotatable bonds is 7. The molecule has 31 heavy (non-hydrogen) atoms. The van der Waals surface area contributed by atoms with E-state index in [0.717, 1.165) is 0 Å². The van der Waals surface area contributed by atoms with Crippen molar-refractivity contribution >= 4 is 11.4 Å². The second-order valence-corrected chi connectivity index (χ2v) is 6.58. The summed E-state index contributed by atoms with van der Waals surface area (Å²) >= 11 is 0. The van der Waals surface area contributed by atoms with E-state index in [1.807, 2.05) is 0 Å². The van der Waals surface area contributed by atoms with Crippen LogP contribution >= 0.6 is 0 Å². The summed E-state index contributed by atoms with van der Waals surface area (Å²) in [5.41, 5.74) is 0.573. The molecule has 13 heteroatoms. The summed E-state index contributed by atoms with van der Waals surface area (Å²) in [6, 6.07) is 3.03. The molecule has 1 N–H and O–H groups in total. The molecule has 0 amide bonds. The largest absolute Gasteiger partial charge is 0.471 e. The lowest BCUT2D eigenvalue weighted by atomic mass is 10.1. The van der Waals surface area contributed by atoms with Gasteiger partial charge in [0.1, 0.15) is 17.6 Å². The monoisotopic (exact) mass is 434 g/mol. The summed E-state index contributed by atoms with van der Waals surface area (Å²) in [7, 11) is 1.62. The highest BCUT2D eigenvalue weighted by Crippen LogP contribution is 2.29. The maximum atomic E-state index is 12.6. The SMILES string of the molecule is CN(Cc1ccc(-c2noc(C(F)(F)F)n2)cn1)c1c(NCc2cnoc2)c(=O)c1=O. The molecule has 0 aliphatic rings. The Morgan fingerprint density at radius 3 is 2.58 bits per heavy atom. The van der Waals surface area contributed by atoms with Crippen molar-refractivity contribution < 1.29 is 22.2 Å². The molecule has 0 saturated heterocycles. The van der Waals surface area contributed by atoms with Crippen LogP contribution in [0.25, 0.3) is 11.4 Å². The van der Waals surface area contributed by atoms with Crippen LogP contribution in [0.1, 0.15) is 17.1 Å². The van der Waals surface area contributed by atoms with E-state index in [4.69, 9.17) is 4.52 Å². The van der Waals surface area contributed by atoms with E-state index in [-0.39, 0.29) is 35.9 Å². The van der Waals surface area contributed by atoms with Crippen molar-refractivity contribution in [2.75, 3.05) is 17.3 Å². The number of hydrogen-bond acceptors (Lipinski definition) is 10. The first-order chi connectivity index (χ1) is 14.7. The maximum Gasteiger partial charge on any atom is 0.471 e. The molecule has 0 aliphatic carbocycles. The second kappa shape index (κ2) is 7.66. The van der Waals surface area contributed by atoms with Crippen molar-refractivity contribution in [3.63, 3.8) is 0 Å². The van der Waals surface area contributed by atoms with E-state index in [1.54, 1.807) is 18.0 Å². The molecule has 3 heterocycles. The first-order valence-corrected chi connectivity index (χ1v) is 8.77. The van der Waals surface area contributed by atoms with Crippen LogP contribution in [0, 0.1) is 0 Å². The minimum Gasteiger partial charge on any atom is -0.376 e. The molecule has 0 fully saturated rings. The third-order valence-electron chi connectivity index (χ3n) is 4.37. The summed E-state index contributed by atoms with van der Waals surface area (Å²) in [5.74, 6) is -1.69. The Labute approximate surface area is 171 Å². The molecular formula is C18H13F3N6O4. The fourth-order valence-corrected chi connectivity index (χ4v) is 2.84. The molecular weight excluding hydrogens is 421 g/mol. The van der Waals surface area contributed by atoms with Crippen LogP contribution in [-0.2, 0) is 19.3 Å². The average Bonchev–Trinajstić information content (AvgIpc) is 3.42. The zero-order valence-electron chi connectivity index (χ0n) is 15.8. The predicted octanol–water partition coefficient (Wildman–Crippen LogP) is 1.98. The highest BCUT2D eigenvalue weighted by atomic mass is 19.4. The zero-order valence-corrected chi connectivity index (χ0v) is 15.8. The third-order valence-corrected chi connectivity index (χ3v) is 4.37. The van der Waals surface area contributed by atoms with E-state index in [1.165, 1.54) is 24.7 Å². The van der Waals surface area contributed by atoms with Gasteiger partial charge >= 0.3 is 12.1 Å². The molecule has 0 radical (unpaired) electrons. The molecule has 0 saturated carbocycles. The average molecular weight is 434 g/mol. The number of aromatic nitrogens is 4. The molecule has 4 aromatic rings. The van der Waals surface area contributed by atoms with Crippen molar-refractivity contribution in [3.8, 4) is 11.4 Å². The summed E-state index contributed by atoms with van der Waals surface area (Å²) in [5, 5.41) is 9.75. The van der Waals surface area contributed by atoms with Gasteiger partial charge < -0.3 is 19.3 Å². The van der Waals surface area contributed by atoms with Crippen LogP contribution in [0.3, 0.4) is 0 Å². The molecule has 0 spiro atoms. The van der Waals surface area contributed by atoms with Crippen molar-refractivity contribution in [1.82, 2.24) is 20.3 Å². The Morgan fingerprint density at radius 2 is 1.97 bits per heavy atom. The Hall–Kier alpha value is -4.03. The Kier molecular flexibility index (Phi) is 5.01. The van der Waals surface area contributed by atoms with Gasteiger partial charge in [-0.25, -0.2) is 0 Å². The fourth-order valence-electron chi connectivity index (χ4n) is 2.84. The van der Waals surface area contributed by atoms with Crippen LogP contribution in [0.5, 0.6) is 0 Å². The van der Waals surface area contributed by atoms with Crippen LogP contribution < -0.4 is 21.1 Å². The van der Waals surface area contributed by atoms with Gasteiger partial charge in [0.25, 0.3) is 10.9 Å². The number of hydrogen-bond donors (Lipinski definition) is 1. The molecule has 10 nitrogen and oxygen atoms in total. The van der Waals surface area contributed by atoms with Gasteiger partial charge in [0.2, 0.25) is 5.82 Å². The smallest absolute Gasteiger partial charge is 0.376 e. The molecule has 3 aromatic heterocycles. The number of alkyl halides is 3. The van der Waals surface area contributed by atoms with Gasteiger partial charge in [-0.1, -0.05) is 10.3 Å². The van der Waals surface area contributed by atoms with E-state index in [0.29, 0.717) is 11.3 Å². The van der Waals surface area contributed by atoms with Crippen molar-refractivity contribution in [1.29, 1.82) is 0 Å². The van der Waals surface area contributed by atoms with E-state index >= 15 is 0 Å². The Morgan fingerprint density at radius 1 is 1.16 bits per heavy atom. The Balaban J connectivity index is 1.45. The van der Waals surface area contributed by atoms with Gasteiger partial charge in [-0.05, 0) is 12.1 Å². The summed E-state index contributed by atoms with van der Waals surface area (Å²) in [6.45, 7) is 0.430. The van der Waals surface area contributed by atoms with Crippen molar-refractivity contribution in [2.24, 2.45) is 0 Å². The van der Waals surface area contributed by atoms with Gasteiger partial charge in [-0.3, -0.25) is 14.6 Å². The standard InChI is InChI=1S/C18H13F3N6O4/c1-27(13-12(14(28)15(13)29)23-4-9-5-24-30-8-9)7-11-3-2-10(6-22-11)16-25-17(31-26-16)18(19,20)21/h2-3,5-6,8,23H,4,7H2,1H3. The van der Waals surface area contributed by atoms with Gasteiger partial charge in [0.15, 0.2) is 0 Å². The molecule has 4 rings (SSSR count). The minimum atomic E-state index is -4.73. The third kappa shape index (κ3) is 4.01. The molecule has 1 aromatic carbocycles. The lowest BCUT2D eigenvalue weighted by Crippen LogP contribution is -2.41. The molecule has 160 valence electrons. The van der Waals surface area contributed by atoms with Gasteiger partial charge in [0, 0.05) is 30.9 Å². The predicted molar refractivity (Wildman–Crippen MR) is 99.8 cm³/mol. The van der Waals surface area contributed by atoms with Crippen LogP contribution in [0.4, 0.5) is 24.5 Å². The van der Waals surface area contributed by atoms with Gasteiger partial charge in [-0.15, -0.1) is 0 Å². The minimum absolute atomic E-state index is 0.174. The normalized spacial score (nSPS) is 11.7. The fraction of sp³-hybridized carbons (Fsp3) is 0.222. The number of nitrogens with zero attached hydrogens (tertiary/aromatic N) is 5. The van der Waals surface area contributed by atoms with E-state index in [2.05, 4.69) is 30.1 Å². The van der Waals surface area contributed by atoms with Gasteiger partial charge in [0.05, 0.1) is 18.4 Å². The number of anilines is 2.